The van der Waals surface area contributed by atoms with Crippen molar-refractivity contribution in [3.05, 3.63) is 34.8 Å². The van der Waals surface area contributed by atoms with Crippen molar-refractivity contribution in [3.8, 4) is 10.6 Å². The summed E-state index contributed by atoms with van der Waals surface area (Å²) in [5.41, 5.74) is 1.70. The van der Waals surface area contributed by atoms with E-state index in [0.29, 0.717) is 4.88 Å². The average molecular weight is 204 g/mol. The number of carbonyl (C=O) groups is 1. The summed E-state index contributed by atoms with van der Waals surface area (Å²) in [5, 5.41) is 8.00. The lowest BCUT2D eigenvalue weighted by molar-refractivity contribution is 0.112. The van der Waals surface area contributed by atoms with Crippen LogP contribution in [0.3, 0.4) is 0 Å². The molecule has 0 aromatic carbocycles. The zero-order chi connectivity index (χ0) is 9.97. The molecule has 0 saturated carbocycles. The predicted octanol–water partition coefficient (Wildman–Crippen LogP) is 2.33. The van der Waals surface area contributed by atoms with Crippen LogP contribution in [0.25, 0.3) is 10.6 Å². The van der Waals surface area contributed by atoms with E-state index in [4.69, 9.17) is 0 Å². The van der Waals surface area contributed by atoms with Crippen LogP contribution in [0.4, 0.5) is 0 Å². The minimum atomic E-state index is 0.711. The number of thiophene rings is 1. The minimum Gasteiger partial charge on any atom is -0.297 e. The second-order valence-corrected chi connectivity index (χ2v) is 4.00. The SMILES string of the molecule is Cc1ccc(-c2ccc(C=O)s2)nn1. The number of rotatable bonds is 2. The van der Waals surface area contributed by atoms with Crippen molar-refractivity contribution in [2.45, 2.75) is 6.92 Å². The number of aromatic nitrogens is 2. The molecular formula is C10H8N2OS. The van der Waals surface area contributed by atoms with Crippen molar-refractivity contribution < 1.29 is 4.79 Å². The maximum Gasteiger partial charge on any atom is 0.160 e. The molecule has 0 atom stereocenters. The van der Waals surface area contributed by atoms with Crippen molar-refractivity contribution >= 4 is 17.6 Å². The number of aldehydes is 1. The zero-order valence-corrected chi connectivity index (χ0v) is 8.41. The third-order valence-electron chi connectivity index (χ3n) is 1.79. The summed E-state index contributed by atoms with van der Waals surface area (Å²) in [4.78, 5) is 12.2. The Labute approximate surface area is 85.4 Å². The maximum absolute atomic E-state index is 10.5. The Bertz CT molecular complexity index is 447. The molecule has 2 rings (SSSR count). The first-order chi connectivity index (χ1) is 6.79. The van der Waals surface area contributed by atoms with Gasteiger partial charge in [0, 0.05) is 0 Å². The molecule has 3 nitrogen and oxygen atoms in total. The molecule has 0 spiro atoms. The first-order valence-corrected chi connectivity index (χ1v) is 4.97. The Morgan fingerprint density at radius 2 is 2.07 bits per heavy atom. The first kappa shape index (κ1) is 9.02. The smallest absolute Gasteiger partial charge is 0.160 e. The second-order valence-electron chi connectivity index (χ2n) is 2.88. The molecule has 0 N–H and O–H groups in total. The highest BCUT2D eigenvalue weighted by Gasteiger charge is 2.03. The summed E-state index contributed by atoms with van der Waals surface area (Å²) < 4.78 is 0. The van der Waals surface area contributed by atoms with E-state index in [1.54, 1.807) is 6.07 Å². The predicted molar refractivity (Wildman–Crippen MR) is 55.5 cm³/mol. The van der Waals surface area contributed by atoms with Crippen molar-refractivity contribution in [1.82, 2.24) is 10.2 Å². The molecule has 0 fully saturated rings. The lowest BCUT2D eigenvalue weighted by Gasteiger charge is -1.94. The van der Waals surface area contributed by atoms with Crippen LogP contribution in [0.2, 0.25) is 0 Å². The topological polar surface area (TPSA) is 42.9 Å². The molecule has 0 radical (unpaired) electrons. The lowest BCUT2D eigenvalue weighted by Crippen LogP contribution is -1.87. The van der Waals surface area contributed by atoms with Gasteiger partial charge in [0.25, 0.3) is 0 Å². The lowest BCUT2D eigenvalue weighted by atomic mass is 10.3. The van der Waals surface area contributed by atoms with E-state index in [0.717, 1.165) is 22.6 Å². The van der Waals surface area contributed by atoms with E-state index in [9.17, 15) is 4.79 Å². The largest absolute Gasteiger partial charge is 0.297 e. The fraction of sp³-hybridized carbons (Fsp3) is 0.100. The van der Waals surface area contributed by atoms with Crippen LogP contribution in [0.1, 0.15) is 15.4 Å². The standard InChI is InChI=1S/C10H8N2OS/c1-7-2-4-9(12-11-7)10-5-3-8(6-13)14-10/h2-6H,1H3. The van der Waals surface area contributed by atoms with E-state index < -0.39 is 0 Å². The summed E-state index contributed by atoms with van der Waals surface area (Å²) in [5.74, 6) is 0. The third kappa shape index (κ3) is 1.70. The van der Waals surface area contributed by atoms with Crippen molar-refractivity contribution in [3.63, 3.8) is 0 Å². The normalized spacial score (nSPS) is 10.1. The van der Waals surface area contributed by atoms with Crippen LogP contribution in [0, 0.1) is 6.92 Å². The van der Waals surface area contributed by atoms with Gasteiger partial charge in [-0.15, -0.1) is 16.4 Å². The Balaban J connectivity index is 2.39. The summed E-state index contributed by atoms with van der Waals surface area (Å²) in [6.45, 7) is 1.89. The van der Waals surface area contributed by atoms with Crippen molar-refractivity contribution in [2.75, 3.05) is 0 Å². The van der Waals surface area contributed by atoms with Gasteiger partial charge in [0.05, 0.1) is 15.4 Å². The van der Waals surface area contributed by atoms with E-state index in [1.807, 2.05) is 25.1 Å². The highest BCUT2D eigenvalue weighted by molar-refractivity contribution is 7.17. The van der Waals surface area contributed by atoms with Crippen LogP contribution in [0.5, 0.6) is 0 Å². The minimum absolute atomic E-state index is 0.711. The third-order valence-corrected chi connectivity index (χ3v) is 2.83. The van der Waals surface area contributed by atoms with Gasteiger partial charge in [-0.2, -0.15) is 5.10 Å². The van der Waals surface area contributed by atoms with E-state index in [-0.39, 0.29) is 0 Å². The molecule has 2 aromatic rings. The molecular weight excluding hydrogens is 196 g/mol. The molecule has 14 heavy (non-hydrogen) atoms. The van der Waals surface area contributed by atoms with Crippen LogP contribution in [-0.2, 0) is 0 Å². The highest BCUT2D eigenvalue weighted by atomic mass is 32.1. The Morgan fingerprint density at radius 1 is 1.21 bits per heavy atom. The van der Waals surface area contributed by atoms with Gasteiger partial charge in [0.15, 0.2) is 6.29 Å². The average Bonchev–Trinajstić information content (AvgIpc) is 2.67. The zero-order valence-electron chi connectivity index (χ0n) is 7.60. The van der Waals surface area contributed by atoms with E-state index in [1.165, 1.54) is 11.3 Å². The monoisotopic (exact) mass is 204 g/mol. The van der Waals surface area contributed by atoms with Gasteiger partial charge in [-0.1, -0.05) is 0 Å². The van der Waals surface area contributed by atoms with Crippen LogP contribution in [-0.4, -0.2) is 16.5 Å². The maximum atomic E-state index is 10.5. The van der Waals surface area contributed by atoms with E-state index >= 15 is 0 Å². The molecule has 0 aliphatic rings. The molecule has 70 valence electrons. The Morgan fingerprint density at radius 3 is 2.64 bits per heavy atom. The molecule has 0 aliphatic carbocycles. The summed E-state index contributed by atoms with van der Waals surface area (Å²) in [6.07, 6.45) is 0.843. The molecule has 0 amide bonds. The number of carbonyl (C=O) groups excluding carboxylic acids is 1. The highest BCUT2D eigenvalue weighted by Crippen LogP contribution is 2.24. The Hall–Kier alpha value is -1.55. The molecule has 2 heterocycles. The molecule has 0 unspecified atom stereocenters. The Kier molecular flexibility index (Phi) is 2.37. The van der Waals surface area contributed by atoms with E-state index in [2.05, 4.69) is 10.2 Å². The van der Waals surface area contributed by atoms with Gasteiger partial charge in [0.1, 0.15) is 5.69 Å². The molecule has 0 saturated heterocycles. The van der Waals surface area contributed by atoms with Gasteiger partial charge in [0.2, 0.25) is 0 Å². The molecule has 0 aliphatic heterocycles. The number of hydrogen-bond acceptors (Lipinski definition) is 4. The fourth-order valence-corrected chi connectivity index (χ4v) is 1.87. The van der Waals surface area contributed by atoms with Crippen LogP contribution in [0.15, 0.2) is 24.3 Å². The number of hydrogen-bond donors (Lipinski definition) is 0. The number of nitrogens with zero attached hydrogens (tertiary/aromatic N) is 2. The van der Waals surface area contributed by atoms with Gasteiger partial charge in [-0.05, 0) is 31.2 Å². The number of aryl methyl sites for hydroxylation is 1. The van der Waals surface area contributed by atoms with Crippen LogP contribution < -0.4 is 0 Å². The van der Waals surface area contributed by atoms with Crippen molar-refractivity contribution in [1.29, 1.82) is 0 Å². The van der Waals surface area contributed by atoms with Gasteiger partial charge in [-0.25, -0.2) is 0 Å². The summed E-state index contributed by atoms with van der Waals surface area (Å²) in [6, 6.07) is 7.48. The molecule has 2 aromatic heterocycles. The summed E-state index contributed by atoms with van der Waals surface area (Å²) >= 11 is 1.42. The van der Waals surface area contributed by atoms with Gasteiger partial charge < -0.3 is 0 Å². The molecule has 4 heteroatoms. The summed E-state index contributed by atoms with van der Waals surface area (Å²) in [7, 11) is 0. The second kappa shape index (κ2) is 3.67. The van der Waals surface area contributed by atoms with Crippen molar-refractivity contribution in [2.24, 2.45) is 0 Å². The quantitative estimate of drug-likeness (QED) is 0.705. The van der Waals surface area contributed by atoms with Gasteiger partial charge in [-0.3, -0.25) is 4.79 Å². The fourth-order valence-electron chi connectivity index (χ4n) is 1.08. The first-order valence-electron chi connectivity index (χ1n) is 4.15. The molecule has 0 bridgehead atoms. The van der Waals surface area contributed by atoms with Gasteiger partial charge >= 0.3 is 0 Å². The van der Waals surface area contributed by atoms with Crippen LogP contribution >= 0.6 is 11.3 Å².